The summed E-state index contributed by atoms with van der Waals surface area (Å²) in [5.41, 5.74) is 8.65. The summed E-state index contributed by atoms with van der Waals surface area (Å²) >= 11 is 0. The van der Waals surface area contributed by atoms with Gasteiger partial charge in [-0.25, -0.2) is 37.5 Å². The number of halogens is 12. The molecular weight excluding hydrogens is 656 g/mol. The lowest BCUT2D eigenvalue weighted by molar-refractivity contribution is -0.193. The van der Waals surface area contributed by atoms with Gasteiger partial charge in [0, 0.05) is 36.7 Å². The normalized spacial score (nSPS) is 16.1. The van der Waals surface area contributed by atoms with Gasteiger partial charge in [0.2, 0.25) is 0 Å². The van der Waals surface area contributed by atoms with E-state index in [0.717, 1.165) is 28.7 Å². The topological polar surface area (TPSA) is 169 Å². The minimum atomic E-state index is -5.08. The molecule has 4 rings (SSSR count). The average Bonchev–Trinajstić information content (AvgIpc) is 3.22. The number of aryl methyl sites for hydroxylation is 1. The van der Waals surface area contributed by atoms with Gasteiger partial charge < -0.3 is 25.6 Å². The van der Waals surface area contributed by atoms with E-state index in [0.29, 0.717) is 19.0 Å². The molecule has 0 aliphatic carbocycles. The van der Waals surface area contributed by atoms with Crippen LogP contribution >= 0.6 is 0 Å². The molecular formula is C23H18F12N4O6. The highest BCUT2D eigenvalue weighted by Gasteiger charge is 2.39. The van der Waals surface area contributed by atoms with E-state index in [9.17, 15) is 52.7 Å². The number of rotatable bonds is 1. The van der Waals surface area contributed by atoms with E-state index in [-0.39, 0.29) is 5.56 Å². The second-order valence-corrected chi connectivity index (χ2v) is 8.61. The predicted molar refractivity (Wildman–Crippen MR) is 124 cm³/mol. The summed E-state index contributed by atoms with van der Waals surface area (Å²) in [6.45, 7) is 2.28. The molecule has 22 heteroatoms. The van der Waals surface area contributed by atoms with E-state index < -0.39 is 65.8 Å². The lowest BCUT2D eigenvalue weighted by Crippen LogP contribution is -2.39. The monoisotopic (exact) mass is 674 g/mol. The van der Waals surface area contributed by atoms with Crippen LogP contribution in [0.3, 0.4) is 0 Å². The van der Waals surface area contributed by atoms with Crippen molar-refractivity contribution in [2.45, 2.75) is 50.4 Å². The van der Waals surface area contributed by atoms with Crippen molar-refractivity contribution in [2.75, 3.05) is 0 Å². The Morgan fingerprint density at radius 3 is 1.62 bits per heavy atom. The van der Waals surface area contributed by atoms with Crippen molar-refractivity contribution in [3.05, 3.63) is 58.8 Å². The molecule has 5 N–H and O–H groups in total. The van der Waals surface area contributed by atoms with Gasteiger partial charge in [-0.05, 0) is 30.7 Å². The first-order valence-electron chi connectivity index (χ1n) is 11.4. The number of carbonyl (C=O) groups is 3. The molecule has 0 saturated carbocycles. The van der Waals surface area contributed by atoms with Crippen LogP contribution in [0.25, 0.3) is 11.2 Å². The number of nitrogens with two attached hydrogens (primary N) is 1. The third-order valence-electron chi connectivity index (χ3n) is 5.29. The number of aromatic nitrogens is 3. The summed E-state index contributed by atoms with van der Waals surface area (Å²) in [5, 5.41) is 21.4. The maximum atomic E-state index is 14.1. The van der Waals surface area contributed by atoms with Crippen LogP contribution in [0, 0.1) is 24.4 Å². The SMILES string of the molecule is Cc1ccc2nc3n(c2n1)C[C@H](N)[C@@H](c1cc(F)c(F)cc1F)C3.O=C(O)C(F)(F)F.O=C(O)C(F)(F)F.O=C(O)C(F)(F)F. The summed E-state index contributed by atoms with van der Waals surface area (Å²) in [7, 11) is 0. The van der Waals surface area contributed by atoms with E-state index in [4.69, 9.17) is 35.4 Å². The Morgan fingerprint density at radius 1 is 0.778 bits per heavy atom. The number of pyridine rings is 1. The van der Waals surface area contributed by atoms with Crippen molar-refractivity contribution < 1.29 is 82.4 Å². The van der Waals surface area contributed by atoms with Crippen molar-refractivity contribution in [2.24, 2.45) is 5.73 Å². The Balaban J connectivity index is 0.000000396. The molecule has 0 radical (unpaired) electrons. The largest absolute Gasteiger partial charge is 0.490 e. The third kappa shape index (κ3) is 11.1. The highest BCUT2D eigenvalue weighted by Crippen LogP contribution is 2.33. The number of imidazole rings is 1. The summed E-state index contributed by atoms with van der Waals surface area (Å²) in [4.78, 5) is 35.7. The summed E-state index contributed by atoms with van der Waals surface area (Å²) in [6, 6.07) is 4.77. The molecule has 0 spiro atoms. The minimum absolute atomic E-state index is 0.0869. The fourth-order valence-electron chi connectivity index (χ4n) is 3.34. The molecule has 45 heavy (non-hydrogen) atoms. The van der Waals surface area contributed by atoms with Gasteiger partial charge in [-0.3, -0.25) is 0 Å². The standard InChI is InChI=1S/C17H15F3N4.3C2HF3O2/c1-8-2-3-15-17(22-8)24-7-14(21)10(5-16(24)23-15)9-4-12(19)13(20)6-11(9)18;3*3-2(4,5)1(6)7/h2-4,6,10,14H,5,7,21H2,1H3;3*(H,6,7)/t10-,14+;;;/m1.../s1. The average molecular weight is 674 g/mol. The van der Waals surface area contributed by atoms with Gasteiger partial charge >= 0.3 is 36.4 Å². The van der Waals surface area contributed by atoms with Crippen molar-refractivity contribution >= 4 is 29.1 Å². The number of hydrogen-bond donors (Lipinski definition) is 4. The molecule has 10 nitrogen and oxygen atoms in total. The second kappa shape index (κ2) is 14.4. The number of alkyl halides is 9. The Hall–Kier alpha value is -4.63. The van der Waals surface area contributed by atoms with E-state index in [1.807, 2.05) is 23.6 Å². The predicted octanol–water partition coefficient (Wildman–Crippen LogP) is 4.72. The van der Waals surface area contributed by atoms with Crippen LogP contribution in [0.4, 0.5) is 52.7 Å². The van der Waals surface area contributed by atoms with Crippen molar-refractivity contribution in [3.8, 4) is 0 Å². The number of fused-ring (bicyclic) bond motifs is 3. The molecule has 3 heterocycles. The van der Waals surface area contributed by atoms with Crippen molar-refractivity contribution in [1.82, 2.24) is 14.5 Å². The van der Waals surface area contributed by atoms with Crippen LogP contribution in [-0.2, 0) is 27.3 Å². The highest BCUT2D eigenvalue weighted by atomic mass is 19.4. The van der Waals surface area contributed by atoms with Crippen LogP contribution in [0.5, 0.6) is 0 Å². The van der Waals surface area contributed by atoms with Gasteiger partial charge in [-0.1, -0.05) is 0 Å². The van der Waals surface area contributed by atoms with Crippen LogP contribution in [0.2, 0.25) is 0 Å². The van der Waals surface area contributed by atoms with Crippen LogP contribution < -0.4 is 5.73 Å². The number of carboxylic acids is 3. The number of hydrogen-bond acceptors (Lipinski definition) is 6. The molecule has 1 aliphatic heterocycles. The van der Waals surface area contributed by atoms with Crippen molar-refractivity contribution in [1.29, 1.82) is 0 Å². The molecule has 2 atom stereocenters. The zero-order chi connectivity index (χ0) is 35.2. The summed E-state index contributed by atoms with van der Waals surface area (Å²) < 4.78 is 138. The van der Waals surface area contributed by atoms with Gasteiger partial charge in [0.25, 0.3) is 0 Å². The van der Waals surface area contributed by atoms with Gasteiger partial charge in [0.1, 0.15) is 17.2 Å². The number of aliphatic carboxylic acids is 3. The maximum absolute atomic E-state index is 14.1. The van der Waals surface area contributed by atoms with Gasteiger partial charge in [-0.15, -0.1) is 0 Å². The maximum Gasteiger partial charge on any atom is 0.490 e. The molecule has 250 valence electrons. The molecule has 1 aliphatic rings. The van der Waals surface area contributed by atoms with E-state index >= 15 is 0 Å². The molecule has 0 saturated heterocycles. The number of nitrogens with zero attached hydrogens (tertiary/aromatic N) is 3. The van der Waals surface area contributed by atoms with E-state index in [2.05, 4.69) is 9.97 Å². The zero-order valence-electron chi connectivity index (χ0n) is 21.9. The molecule has 2 aromatic heterocycles. The second-order valence-electron chi connectivity index (χ2n) is 8.61. The van der Waals surface area contributed by atoms with E-state index in [1.165, 1.54) is 0 Å². The van der Waals surface area contributed by atoms with Crippen LogP contribution in [0.1, 0.15) is 23.0 Å². The Kier molecular flexibility index (Phi) is 12.3. The van der Waals surface area contributed by atoms with Crippen molar-refractivity contribution in [3.63, 3.8) is 0 Å². The summed E-state index contributed by atoms with van der Waals surface area (Å²) in [5.74, 6) is -11.1. The molecule has 0 fully saturated rings. The number of carboxylic acid groups (broad SMARTS) is 3. The first-order chi connectivity index (χ1) is 20.3. The first kappa shape index (κ1) is 38.4. The quantitative estimate of drug-likeness (QED) is 0.211. The molecule has 3 aromatic rings. The van der Waals surface area contributed by atoms with Crippen LogP contribution in [-0.4, -0.2) is 72.3 Å². The molecule has 0 bridgehead atoms. The lowest BCUT2D eigenvalue weighted by atomic mass is 9.86. The minimum Gasteiger partial charge on any atom is -0.475 e. The van der Waals surface area contributed by atoms with E-state index in [1.54, 1.807) is 0 Å². The lowest BCUT2D eigenvalue weighted by Gasteiger charge is -2.30. The van der Waals surface area contributed by atoms with Gasteiger partial charge in [0.15, 0.2) is 17.3 Å². The number of benzene rings is 1. The fourth-order valence-corrected chi connectivity index (χ4v) is 3.34. The Labute approximate surface area is 241 Å². The molecule has 0 unspecified atom stereocenters. The zero-order valence-corrected chi connectivity index (χ0v) is 21.9. The molecule has 0 amide bonds. The first-order valence-corrected chi connectivity index (χ1v) is 11.4. The van der Waals surface area contributed by atoms with Crippen LogP contribution in [0.15, 0.2) is 24.3 Å². The third-order valence-corrected chi connectivity index (χ3v) is 5.29. The highest BCUT2D eigenvalue weighted by molar-refractivity contribution is 5.74. The molecule has 1 aromatic carbocycles. The van der Waals surface area contributed by atoms with Gasteiger partial charge in [0.05, 0.1) is 0 Å². The van der Waals surface area contributed by atoms with Gasteiger partial charge in [-0.2, -0.15) is 39.5 Å². The Morgan fingerprint density at radius 2 is 1.20 bits per heavy atom. The summed E-state index contributed by atoms with van der Waals surface area (Å²) in [6.07, 6.45) is -14.9. The fraction of sp³-hybridized carbons (Fsp3) is 0.348. The Bertz CT molecular complexity index is 1480. The smallest absolute Gasteiger partial charge is 0.475 e.